The van der Waals surface area contributed by atoms with Crippen molar-refractivity contribution in [2.45, 2.75) is 5.41 Å². The van der Waals surface area contributed by atoms with Crippen LogP contribution in [0.25, 0.3) is 61.7 Å². The highest BCUT2D eigenvalue weighted by atomic mass is 15.2. The second-order valence-electron chi connectivity index (χ2n) is 12.8. The van der Waals surface area contributed by atoms with E-state index in [4.69, 9.17) is 15.0 Å². The minimum Gasteiger partial charge on any atom is -0.278 e. The summed E-state index contributed by atoms with van der Waals surface area (Å²) in [4.78, 5) is 15.4. The van der Waals surface area contributed by atoms with Gasteiger partial charge >= 0.3 is 0 Å². The SMILES string of the molecule is c1ccc(-c2nc(-c3ccccc3)nc(-n3c4ccccc4c4c5c(ccc43)-c3ccccc3C5(c3ccccc3)c3ccccc3)n2)cc1. The predicted octanol–water partition coefficient (Wildman–Crippen LogP) is 10.7. The number of aromatic nitrogens is 4. The van der Waals surface area contributed by atoms with Gasteiger partial charge < -0.3 is 0 Å². The van der Waals surface area contributed by atoms with Crippen LogP contribution in [0.15, 0.2) is 182 Å². The van der Waals surface area contributed by atoms with Gasteiger partial charge in [0.2, 0.25) is 5.95 Å². The predicted molar refractivity (Wildman–Crippen MR) is 202 cm³/mol. The molecule has 0 N–H and O–H groups in total. The van der Waals surface area contributed by atoms with Crippen LogP contribution in [0.4, 0.5) is 0 Å². The molecule has 0 atom stereocenters. The summed E-state index contributed by atoms with van der Waals surface area (Å²) in [6.45, 7) is 0. The Balaban J connectivity index is 1.36. The molecule has 2 heterocycles. The maximum atomic E-state index is 5.20. The molecule has 10 rings (SSSR count). The van der Waals surface area contributed by atoms with Gasteiger partial charge in [0.05, 0.1) is 16.4 Å². The zero-order chi connectivity index (χ0) is 33.1. The van der Waals surface area contributed by atoms with Gasteiger partial charge in [0, 0.05) is 21.9 Å². The number of hydrogen-bond donors (Lipinski definition) is 0. The molecule has 1 aliphatic rings. The Hall–Kier alpha value is -6.65. The highest BCUT2D eigenvalue weighted by Gasteiger charge is 2.47. The number of hydrogen-bond acceptors (Lipinski definition) is 3. The lowest BCUT2D eigenvalue weighted by Crippen LogP contribution is -2.28. The summed E-state index contributed by atoms with van der Waals surface area (Å²) >= 11 is 0. The van der Waals surface area contributed by atoms with E-state index in [9.17, 15) is 0 Å². The van der Waals surface area contributed by atoms with E-state index in [1.165, 1.54) is 38.8 Å². The zero-order valence-electron chi connectivity index (χ0n) is 27.1. The molecule has 4 heteroatoms. The molecule has 0 spiro atoms. The van der Waals surface area contributed by atoms with E-state index >= 15 is 0 Å². The summed E-state index contributed by atoms with van der Waals surface area (Å²) in [6, 6.07) is 64.4. The molecule has 0 saturated heterocycles. The van der Waals surface area contributed by atoms with Gasteiger partial charge in [-0.05, 0) is 45.5 Å². The Morgan fingerprint density at radius 2 is 0.920 bits per heavy atom. The minimum absolute atomic E-state index is 0.549. The van der Waals surface area contributed by atoms with E-state index in [1.54, 1.807) is 0 Å². The molecule has 0 bridgehead atoms. The third kappa shape index (κ3) is 4.09. The van der Waals surface area contributed by atoms with Crippen molar-refractivity contribution >= 4 is 21.8 Å². The quantitative estimate of drug-likeness (QED) is 0.188. The smallest absolute Gasteiger partial charge is 0.238 e. The lowest BCUT2D eigenvalue weighted by Gasteiger charge is -2.34. The molecule has 0 aliphatic heterocycles. The van der Waals surface area contributed by atoms with Gasteiger partial charge in [0.25, 0.3) is 0 Å². The molecule has 234 valence electrons. The van der Waals surface area contributed by atoms with E-state index in [2.05, 4.69) is 150 Å². The molecule has 0 saturated carbocycles. The summed E-state index contributed by atoms with van der Waals surface area (Å²) in [7, 11) is 0. The Bertz CT molecular complexity index is 2590. The third-order valence-corrected chi connectivity index (χ3v) is 10.1. The maximum absolute atomic E-state index is 5.20. The van der Waals surface area contributed by atoms with Crippen molar-refractivity contribution in [1.82, 2.24) is 19.5 Å². The first-order valence-electron chi connectivity index (χ1n) is 17.0. The number of benzene rings is 7. The summed E-state index contributed by atoms with van der Waals surface area (Å²) in [5, 5.41) is 2.36. The normalized spacial score (nSPS) is 13.0. The molecule has 9 aromatic rings. The third-order valence-electron chi connectivity index (χ3n) is 10.1. The fraction of sp³-hybridized carbons (Fsp3) is 0.0217. The van der Waals surface area contributed by atoms with Crippen molar-refractivity contribution in [3.63, 3.8) is 0 Å². The van der Waals surface area contributed by atoms with Gasteiger partial charge in [0.15, 0.2) is 11.6 Å². The first-order chi connectivity index (χ1) is 24.8. The van der Waals surface area contributed by atoms with Crippen LogP contribution in [0.2, 0.25) is 0 Å². The monoisotopic (exact) mass is 638 g/mol. The van der Waals surface area contributed by atoms with E-state index in [0.717, 1.165) is 27.5 Å². The fourth-order valence-electron chi connectivity index (χ4n) is 8.11. The van der Waals surface area contributed by atoms with Crippen LogP contribution >= 0.6 is 0 Å². The van der Waals surface area contributed by atoms with Gasteiger partial charge in [-0.25, -0.2) is 4.98 Å². The van der Waals surface area contributed by atoms with Crippen molar-refractivity contribution < 1.29 is 0 Å². The van der Waals surface area contributed by atoms with E-state index in [1.807, 2.05) is 36.4 Å². The van der Waals surface area contributed by atoms with Crippen LogP contribution in [0.3, 0.4) is 0 Å². The first-order valence-corrected chi connectivity index (χ1v) is 17.0. The first kappa shape index (κ1) is 28.4. The van der Waals surface area contributed by atoms with Crippen LogP contribution in [-0.4, -0.2) is 19.5 Å². The van der Waals surface area contributed by atoms with Crippen LogP contribution in [0.1, 0.15) is 22.3 Å². The van der Waals surface area contributed by atoms with Crippen molar-refractivity contribution in [3.8, 4) is 39.9 Å². The standard InChI is InChI=1S/C46H30N4/c1-5-17-31(18-6-1)43-47-44(32-19-7-2-8-20-32)49-45(48-43)50-39-28-16-14-26-37(39)41-40(50)30-29-36-35-25-13-15-27-38(35)46(42(36)41,33-21-9-3-10-22-33)34-23-11-4-12-24-34/h1-30H. The van der Waals surface area contributed by atoms with E-state index in [0.29, 0.717) is 17.6 Å². The fourth-order valence-corrected chi connectivity index (χ4v) is 8.11. The van der Waals surface area contributed by atoms with Crippen LogP contribution in [0.5, 0.6) is 0 Å². The van der Waals surface area contributed by atoms with Crippen molar-refractivity contribution in [2.75, 3.05) is 0 Å². The van der Waals surface area contributed by atoms with Gasteiger partial charge in [-0.3, -0.25) is 4.57 Å². The van der Waals surface area contributed by atoms with Gasteiger partial charge in [-0.15, -0.1) is 0 Å². The number of para-hydroxylation sites is 1. The largest absolute Gasteiger partial charge is 0.278 e. The number of rotatable bonds is 5. The lowest BCUT2D eigenvalue weighted by molar-refractivity contribution is 0.776. The average Bonchev–Trinajstić information content (AvgIpc) is 3.70. The summed E-state index contributed by atoms with van der Waals surface area (Å²) < 4.78 is 2.23. The summed E-state index contributed by atoms with van der Waals surface area (Å²) in [5.74, 6) is 1.86. The lowest BCUT2D eigenvalue weighted by atomic mass is 9.67. The number of fused-ring (bicyclic) bond motifs is 7. The van der Waals surface area contributed by atoms with Gasteiger partial charge in [-0.1, -0.05) is 170 Å². The van der Waals surface area contributed by atoms with E-state index in [-0.39, 0.29) is 0 Å². The Kier molecular flexibility index (Phi) is 6.36. The highest BCUT2D eigenvalue weighted by Crippen LogP contribution is 2.59. The van der Waals surface area contributed by atoms with Crippen molar-refractivity contribution in [1.29, 1.82) is 0 Å². The molecule has 0 amide bonds. The Morgan fingerprint density at radius 1 is 0.400 bits per heavy atom. The van der Waals surface area contributed by atoms with Crippen LogP contribution < -0.4 is 0 Å². The number of nitrogens with zero attached hydrogens (tertiary/aromatic N) is 4. The summed E-state index contributed by atoms with van der Waals surface area (Å²) in [6.07, 6.45) is 0. The van der Waals surface area contributed by atoms with E-state index < -0.39 is 5.41 Å². The topological polar surface area (TPSA) is 43.6 Å². The van der Waals surface area contributed by atoms with Crippen LogP contribution in [-0.2, 0) is 5.41 Å². The molecule has 0 radical (unpaired) electrons. The second-order valence-corrected chi connectivity index (χ2v) is 12.8. The molecular weight excluding hydrogens is 609 g/mol. The zero-order valence-corrected chi connectivity index (χ0v) is 27.1. The molecular formula is C46H30N4. The molecule has 0 fully saturated rings. The molecule has 7 aromatic carbocycles. The Morgan fingerprint density at radius 3 is 1.54 bits per heavy atom. The molecule has 50 heavy (non-hydrogen) atoms. The second kappa shape index (κ2) is 11.2. The molecule has 2 aromatic heterocycles. The maximum Gasteiger partial charge on any atom is 0.238 e. The van der Waals surface area contributed by atoms with Crippen molar-refractivity contribution in [2.24, 2.45) is 0 Å². The summed E-state index contributed by atoms with van der Waals surface area (Å²) in [5.41, 5.74) is 11.0. The van der Waals surface area contributed by atoms with Gasteiger partial charge in [0.1, 0.15) is 0 Å². The van der Waals surface area contributed by atoms with Crippen LogP contribution in [0, 0.1) is 0 Å². The molecule has 0 unspecified atom stereocenters. The highest BCUT2D eigenvalue weighted by molar-refractivity contribution is 6.15. The molecule has 1 aliphatic carbocycles. The average molecular weight is 639 g/mol. The van der Waals surface area contributed by atoms with Gasteiger partial charge in [-0.2, -0.15) is 9.97 Å². The Labute approximate surface area is 290 Å². The minimum atomic E-state index is -0.549. The molecule has 4 nitrogen and oxygen atoms in total. The van der Waals surface area contributed by atoms with Crippen molar-refractivity contribution in [3.05, 3.63) is 204 Å².